The number of ether oxygens (including phenoxy) is 5. The maximum Gasteiger partial charge on any atom is 0.343 e. The van der Waals surface area contributed by atoms with Crippen LogP contribution in [0.3, 0.4) is 0 Å². The van der Waals surface area contributed by atoms with Crippen molar-refractivity contribution in [2.45, 2.75) is 78.1 Å². The molecule has 0 spiro atoms. The molecule has 2 aromatic carbocycles. The summed E-state index contributed by atoms with van der Waals surface area (Å²) >= 11 is 0. The SMILES string of the molecule is CCCC=C=C=Cc1ccc(OC(=O)c2ccc(OCCCCCC(=O)OCCOCCOC(=O)CCCCC)cc2)cc1. The summed E-state index contributed by atoms with van der Waals surface area (Å²) in [5.74, 6) is 0.205. The molecule has 0 heterocycles. The van der Waals surface area contributed by atoms with Gasteiger partial charge < -0.3 is 23.7 Å². The first-order chi connectivity index (χ1) is 21.5. The number of carbonyl (C=O) groups excluding carboxylic acids is 3. The van der Waals surface area contributed by atoms with Gasteiger partial charge in [0.2, 0.25) is 0 Å². The molecule has 2 rings (SSSR count). The van der Waals surface area contributed by atoms with Crippen molar-refractivity contribution >= 4 is 24.0 Å². The second kappa shape index (κ2) is 23.4. The summed E-state index contributed by atoms with van der Waals surface area (Å²) in [6, 6.07) is 14.0. The minimum absolute atomic E-state index is 0.175. The third kappa shape index (κ3) is 17.1. The molecule has 8 heteroatoms. The van der Waals surface area contributed by atoms with Gasteiger partial charge in [0, 0.05) is 12.8 Å². The van der Waals surface area contributed by atoms with Gasteiger partial charge in [0.1, 0.15) is 24.7 Å². The van der Waals surface area contributed by atoms with Crippen molar-refractivity contribution in [2.75, 3.05) is 33.0 Å². The topological polar surface area (TPSA) is 97.4 Å². The minimum atomic E-state index is -0.445. The largest absolute Gasteiger partial charge is 0.494 e. The summed E-state index contributed by atoms with van der Waals surface area (Å²) in [6.07, 6.45) is 11.8. The number of hydrogen-bond acceptors (Lipinski definition) is 8. The fourth-order valence-corrected chi connectivity index (χ4v) is 3.82. The molecule has 0 N–H and O–H groups in total. The molecule has 0 aliphatic rings. The van der Waals surface area contributed by atoms with Gasteiger partial charge in [-0.15, -0.1) is 0 Å². The number of hydrogen-bond donors (Lipinski definition) is 0. The van der Waals surface area contributed by atoms with Gasteiger partial charge in [-0.05, 0) is 86.2 Å². The second-order valence-corrected chi connectivity index (χ2v) is 10.1. The molecule has 0 amide bonds. The molecular formula is C36H46O8. The maximum atomic E-state index is 12.5. The number of esters is 3. The van der Waals surface area contributed by atoms with Crippen molar-refractivity contribution in [3.05, 3.63) is 77.2 Å². The Balaban J connectivity index is 1.52. The summed E-state index contributed by atoms with van der Waals surface area (Å²) in [5.41, 5.74) is 7.36. The van der Waals surface area contributed by atoms with E-state index >= 15 is 0 Å². The number of rotatable bonds is 22. The molecule has 0 unspecified atom stereocenters. The molecule has 0 aromatic heterocycles. The fourth-order valence-electron chi connectivity index (χ4n) is 3.82. The first-order valence-electron chi connectivity index (χ1n) is 15.6. The van der Waals surface area contributed by atoms with Gasteiger partial charge in [-0.25, -0.2) is 4.79 Å². The average Bonchev–Trinajstić information content (AvgIpc) is 3.03. The highest BCUT2D eigenvalue weighted by Crippen LogP contribution is 2.17. The number of benzene rings is 2. The number of carbonyl (C=O) groups is 3. The Kier molecular flexibility index (Phi) is 19.2. The van der Waals surface area contributed by atoms with Gasteiger partial charge in [-0.2, -0.15) is 0 Å². The lowest BCUT2D eigenvalue weighted by molar-refractivity contribution is -0.146. The monoisotopic (exact) mass is 606 g/mol. The standard InChI is InChI=1S/C36H46O8/c1-3-5-7-8-11-14-30-17-21-33(22-18-30)44-36(39)31-19-23-32(24-20-31)41-25-13-9-12-16-35(38)43-29-27-40-26-28-42-34(37)15-10-6-4-2/h7,14,17-24H,3-6,9-10,12-13,15-16,25-29H2,1-2H3. The number of allylic oxidation sites excluding steroid dienone is 1. The Morgan fingerprint density at radius 2 is 1.30 bits per heavy atom. The third-order valence-electron chi connectivity index (χ3n) is 6.30. The molecule has 0 fully saturated rings. The highest BCUT2D eigenvalue weighted by molar-refractivity contribution is 5.91. The van der Waals surface area contributed by atoms with E-state index in [-0.39, 0.29) is 38.4 Å². The van der Waals surface area contributed by atoms with Gasteiger partial charge in [0.15, 0.2) is 0 Å². The van der Waals surface area contributed by atoms with Crippen molar-refractivity contribution < 1.29 is 38.1 Å². The summed E-state index contributed by atoms with van der Waals surface area (Å²) in [5, 5.41) is 0. The molecule has 238 valence electrons. The molecule has 0 aliphatic heterocycles. The predicted octanol–water partition coefficient (Wildman–Crippen LogP) is 7.65. The molecular weight excluding hydrogens is 560 g/mol. The zero-order chi connectivity index (χ0) is 31.7. The van der Waals surface area contributed by atoms with E-state index in [2.05, 4.69) is 25.3 Å². The zero-order valence-corrected chi connectivity index (χ0v) is 26.1. The highest BCUT2D eigenvalue weighted by Gasteiger charge is 2.09. The van der Waals surface area contributed by atoms with Crippen LogP contribution >= 0.6 is 0 Å². The molecule has 44 heavy (non-hydrogen) atoms. The Morgan fingerprint density at radius 1 is 0.659 bits per heavy atom. The van der Waals surface area contributed by atoms with Crippen LogP contribution in [-0.2, 0) is 23.8 Å². The van der Waals surface area contributed by atoms with Gasteiger partial charge in [-0.1, -0.05) is 56.7 Å². The van der Waals surface area contributed by atoms with E-state index in [1.165, 1.54) is 0 Å². The molecule has 0 radical (unpaired) electrons. The van der Waals surface area contributed by atoms with Crippen molar-refractivity contribution in [3.8, 4) is 11.5 Å². The Hall–Kier alpha value is -4.09. The first-order valence-corrected chi connectivity index (χ1v) is 15.6. The van der Waals surface area contributed by atoms with Crippen LogP contribution in [0, 0.1) is 0 Å². The smallest absolute Gasteiger partial charge is 0.343 e. The first kappa shape index (κ1) is 36.1. The van der Waals surface area contributed by atoms with Gasteiger partial charge in [0.25, 0.3) is 0 Å². The fraction of sp³-hybridized carbons (Fsp3) is 0.472. The molecule has 0 aliphatic carbocycles. The van der Waals surface area contributed by atoms with Crippen LogP contribution in [0.2, 0.25) is 0 Å². The lowest BCUT2D eigenvalue weighted by atomic mass is 10.2. The average molecular weight is 607 g/mol. The van der Waals surface area contributed by atoms with E-state index in [1.807, 2.05) is 24.3 Å². The highest BCUT2D eigenvalue weighted by atomic mass is 16.6. The van der Waals surface area contributed by atoms with Gasteiger partial charge in [-0.3, -0.25) is 9.59 Å². The molecule has 0 saturated heterocycles. The third-order valence-corrected chi connectivity index (χ3v) is 6.30. The van der Waals surface area contributed by atoms with Gasteiger partial charge in [0.05, 0.1) is 25.4 Å². The molecule has 0 bridgehead atoms. The Bertz CT molecular complexity index is 1200. The van der Waals surface area contributed by atoms with E-state index in [0.29, 0.717) is 42.9 Å². The zero-order valence-electron chi connectivity index (χ0n) is 26.1. The van der Waals surface area contributed by atoms with Crippen molar-refractivity contribution in [1.29, 1.82) is 0 Å². The van der Waals surface area contributed by atoms with Crippen LogP contribution in [0.15, 0.2) is 66.1 Å². The van der Waals surface area contributed by atoms with Crippen LogP contribution in [0.25, 0.3) is 6.08 Å². The molecule has 2 aromatic rings. The quantitative estimate of drug-likeness (QED) is 0.0584. The van der Waals surface area contributed by atoms with Crippen LogP contribution < -0.4 is 9.47 Å². The van der Waals surface area contributed by atoms with Crippen molar-refractivity contribution in [3.63, 3.8) is 0 Å². The van der Waals surface area contributed by atoms with E-state index in [0.717, 1.165) is 50.5 Å². The van der Waals surface area contributed by atoms with E-state index in [1.54, 1.807) is 36.4 Å². The van der Waals surface area contributed by atoms with Crippen molar-refractivity contribution in [1.82, 2.24) is 0 Å². The summed E-state index contributed by atoms with van der Waals surface area (Å²) < 4.78 is 26.8. The molecule has 0 saturated carbocycles. The maximum absolute atomic E-state index is 12.5. The molecule has 0 atom stereocenters. The Morgan fingerprint density at radius 3 is 1.93 bits per heavy atom. The summed E-state index contributed by atoms with van der Waals surface area (Å²) in [6.45, 7) is 5.63. The number of unbranched alkanes of at least 4 members (excludes halogenated alkanes) is 5. The Labute approximate surface area is 261 Å². The second-order valence-electron chi connectivity index (χ2n) is 10.1. The molecule has 8 nitrogen and oxygen atoms in total. The van der Waals surface area contributed by atoms with E-state index < -0.39 is 5.97 Å². The van der Waals surface area contributed by atoms with Crippen LogP contribution in [0.1, 0.15) is 94.0 Å². The van der Waals surface area contributed by atoms with Crippen LogP contribution in [0.4, 0.5) is 0 Å². The van der Waals surface area contributed by atoms with Gasteiger partial charge >= 0.3 is 17.9 Å². The summed E-state index contributed by atoms with van der Waals surface area (Å²) in [7, 11) is 0. The predicted molar refractivity (Wildman–Crippen MR) is 170 cm³/mol. The van der Waals surface area contributed by atoms with Crippen LogP contribution in [-0.4, -0.2) is 50.9 Å². The van der Waals surface area contributed by atoms with Crippen LogP contribution in [0.5, 0.6) is 11.5 Å². The minimum Gasteiger partial charge on any atom is -0.494 e. The van der Waals surface area contributed by atoms with E-state index in [9.17, 15) is 14.4 Å². The normalized spacial score (nSPS) is 10.2. The summed E-state index contributed by atoms with van der Waals surface area (Å²) in [4.78, 5) is 35.8. The van der Waals surface area contributed by atoms with E-state index in [4.69, 9.17) is 23.7 Å². The lowest BCUT2D eigenvalue weighted by Crippen LogP contribution is -2.14. The van der Waals surface area contributed by atoms with Crippen molar-refractivity contribution in [2.24, 2.45) is 0 Å². The lowest BCUT2D eigenvalue weighted by Gasteiger charge is -2.08.